The highest BCUT2D eigenvalue weighted by Crippen LogP contribution is 2.27. The van der Waals surface area contributed by atoms with Gasteiger partial charge in [-0.05, 0) is 58.7 Å². The third kappa shape index (κ3) is 5.45. The van der Waals surface area contributed by atoms with E-state index in [0.717, 1.165) is 31.5 Å². The van der Waals surface area contributed by atoms with E-state index in [-0.39, 0.29) is 18.2 Å². The van der Waals surface area contributed by atoms with Gasteiger partial charge >= 0.3 is 6.09 Å². The number of likely N-dealkylation sites (tertiary alicyclic amines) is 1. The minimum Gasteiger partial charge on any atom is -0.444 e. The lowest BCUT2D eigenvalue weighted by atomic mass is 10.0. The highest BCUT2D eigenvalue weighted by Gasteiger charge is 2.28. The molecule has 8 heteroatoms. The molecule has 1 N–H and O–H groups in total. The first-order valence-electron chi connectivity index (χ1n) is 9.54. The van der Waals surface area contributed by atoms with Crippen molar-refractivity contribution in [3.63, 3.8) is 0 Å². The molecule has 3 rings (SSSR count). The number of halogens is 1. The summed E-state index contributed by atoms with van der Waals surface area (Å²) < 4.78 is 11.2. The lowest BCUT2D eigenvalue weighted by Gasteiger charge is -2.35. The first kappa shape index (κ1) is 20.6. The van der Waals surface area contributed by atoms with E-state index < -0.39 is 5.60 Å². The van der Waals surface area contributed by atoms with E-state index in [2.05, 4.69) is 27.3 Å². The van der Waals surface area contributed by atoms with Gasteiger partial charge in [-0.1, -0.05) is 17.7 Å². The van der Waals surface area contributed by atoms with Gasteiger partial charge in [-0.2, -0.15) is 0 Å². The summed E-state index contributed by atoms with van der Waals surface area (Å²) in [4.78, 5) is 14.2. The molecule has 1 fully saturated rings. The third-order valence-corrected chi connectivity index (χ3v) is 4.90. The van der Waals surface area contributed by atoms with Crippen molar-refractivity contribution in [1.29, 1.82) is 0 Å². The van der Waals surface area contributed by atoms with Crippen LogP contribution in [0.15, 0.2) is 28.7 Å². The molecular formula is C20H27ClN4O3. The molecule has 2 heterocycles. The van der Waals surface area contributed by atoms with Crippen molar-refractivity contribution in [1.82, 2.24) is 20.4 Å². The van der Waals surface area contributed by atoms with Crippen LogP contribution in [0.1, 0.15) is 52.5 Å². The fraction of sp³-hybridized carbons (Fsp3) is 0.550. The second-order valence-electron chi connectivity index (χ2n) is 8.09. The van der Waals surface area contributed by atoms with E-state index in [1.54, 1.807) is 12.1 Å². The van der Waals surface area contributed by atoms with Crippen LogP contribution in [0.25, 0.3) is 11.5 Å². The van der Waals surface area contributed by atoms with Crippen molar-refractivity contribution in [2.24, 2.45) is 0 Å². The summed E-state index contributed by atoms with van der Waals surface area (Å²) in [5.74, 6) is 1.04. The van der Waals surface area contributed by atoms with Crippen LogP contribution >= 0.6 is 11.6 Å². The monoisotopic (exact) mass is 406 g/mol. The largest absolute Gasteiger partial charge is 0.444 e. The fourth-order valence-electron chi connectivity index (χ4n) is 3.20. The number of amides is 1. The first-order valence-corrected chi connectivity index (χ1v) is 9.92. The summed E-state index contributed by atoms with van der Waals surface area (Å²) in [5.41, 5.74) is 0.316. The van der Waals surface area contributed by atoms with Gasteiger partial charge in [0.15, 0.2) is 0 Å². The number of piperidine rings is 1. The van der Waals surface area contributed by atoms with Gasteiger partial charge in [0.25, 0.3) is 0 Å². The summed E-state index contributed by atoms with van der Waals surface area (Å²) in [6.07, 6.45) is 1.33. The second kappa shape index (κ2) is 8.49. The molecule has 1 aliphatic heterocycles. The molecule has 1 aromatic carbocycles. The van der Waals surface area contributed by atoms with Gasteiger partial charge in [-0.3, -0.25) is 4.90 Å². The topological polar surface area (TPSA) is 80.5 Å². The molecule has 0 bridgehead atoms. The highest BCUT2D eigenvalue weighted by molar-refractivity contribution is 6.30. The SMILES string of the molecule is CC(c1nnc(-c2cccc(Cl)c2)o1)N1CCC(NC(=O)OC(C)(C)C)CC1. The van der Waals surface area contributed by atoms with Gasteiger partial charge in [0.2, 0.25) is 11.8 Å². The van der Waals surface area contributed by atoms with Crippen molar-refractivity contribution in [3.05, 3.63) is 35.2 Å². The molecule has 0 spiro atoms. The summed E-state index contributed by atoms with van der Waals surface area (Å²) in [7, 11) is 0. The van der Waals surface area contributed by atoms with Crippen molar-refractivity contribution < 1.29 is 13.9 Å². The number of aromatic nitrogens is 2. The van der Waals surface area contributed by atoms with Crippen LogP contribution in [0.2, 0.25) is 5.02 Å². The Labute approximate surface area is 170 Å². The molecule has 0 radical (unpaired) electrons. The zero-order valence-electron chi connectivity index (χ0n) is 16.7. The Morgan fingerprint density at radius 2 is 2.04 bits per heavy atom. The second-order valence-corrected chi connectivity index (χ2v) is 8.52. The lowest BCUT2D eigenvalue weighted by molar-refractivity contribution is 0.0465. The third-order valence-electron chi connectivity index (χ3n) is 4.67. The molecule has 0 aliphatic carbocycles. The number of nitrogens with zero attached hydrogens (tertiary/aromatic N) is 3. The molecular weight excluding hydrogens is 380 g/mol. The van der Waals surface area contributed by atoms with Crippen molar-refractivity contribution in [2.45, 2.75) is 58.2 Å². The van der Waals surface area contributed by atoms with Gasteiger partial charge in [0, 0.05) is 29.7 Å². The van der Waals surface area contributed by atoms with Crippen LogP contribution in [-0.4, -0.2) is 45.9 Å². The predicted octanol–water partition coefficient (Wildman–Crippen LogP) is 4.44. The standard InChI is InChI=1S/C20H27ClN4O3/c1-13(17-23-24-18(27-17)14-6-5-7-15(21)12-14)25-10-8-16(9-11-25)22-19(26)28-20(2,3)4/h5-7,12-13,16H,8-11H2,1-4H3,(H,22,26). The van der Waals surface area contributed by atoms with Crippen LogP contribution in [0, 0.1) is 0 Å². The summed E-state index contributed by atoms with van der Waals surface area (Å²) in [6.45, 7) is 9.29. The van der Waals surface area contributed by atoms with E-state index >= 15 is 0 Å². The van der Waals surface area contributed by atoms with Gasteiger partial charge in [0.05, 0.1) is 6.04 Å². The normalized spacial score (nSPS) is 17.3. The number of rotatable bonds is 4. The number of hydrogen-bond donors (Lipinski definition) is 1. The van der Waals surface area contributed by atoms with Crippen LogP contribution in [0.4, 0.5) is 4.79 Å². The average molecular weight is 407 g/mol. The van der Waals surface area contributed by atoms with Crippen LogP contribution in [-0.2, 0) is 4.74 Å². The maximum absolute atomic E-state index is 11.9. The molecule has 1 aromatic heterocycles. The van der Waals surface area contributed by atoms with Crippen molar-refractivity contribution >= 4 is 17.7 Å². The fourth-order valence-corrected chi connectivity index (χ4v) is 3.39. The van der Waals surface area contributed by atoms with Gasteiger partial charge in [-0.15, -0.1) is 10.2 Å². The average Bonchev–Trinajstić information content (AvgIpc) is 3.10. The number of nitrogens with one attached hydrogen (secondary N) is 1. The minimum absolute atomic E-state index is 0.00270. The molecule has 1 aliphatic rings. The Morgan fingerprint density at radius 3 is 2.68 bits per heavy atom. The molecule has 7 nitrogen and oxygen atoms in total. The molecule has 0 saturated carbocycles. The van der Waals surface area contributed by atoms with Gasteiger partial charge < -0.3 is 14.5 Å². The number of benzene rings is 1. The summed E-state index contributed by atoms with van der Waals surface area (Å²) in [6, 6.07) is 7.47. The van der Waals surface area contributed by atoms with Crippen molar-refractivity contribution in [3.8, 4) is 11.5 Å². The van der Waals surface area contributed by atoms with Crippen LogP contribution < -0.4 is 5.32 Å². The first-order chi connectivity index (χ1) is 13.2. The lowest BCUT2D eigenvalue weighted by Crippen LogP contribution is -2.46. The number of alkyl carbamates (subject to hydrolysis) is 1. The quantitative estimate of drug-likeness (QED) is 0.808. The molecule has 1 unspecified atom stereocenters. The zero-order chi connectivity index (χ0) is 20.3. The molecule has 2 aromatic rings. The number of carbonyl (C=O) groups excluding carboxylic acids is 1. The highest BCUT2D eigenvalue weighted by atomic mass is 35.5. The summed E-state index contributed by atoms with van der Waals surface area (Å²) >= 11 is 6.03. The zero-order valence-corrected chi connectivity index (χ0v) is 17.5. The van der Waals surface area contributed by atoms with Crippen LogP contribution in [0.5, 0.6) is 0 Å². The predicted molar refractivity (Wildman–Crippen MR) is 107 cm³/mol. The molecule has 1 saturated heterocycles. The number of carbonyl (C=O) groups is 1. The molecule has 1 amide bonds. The Balaban J connectivity index is 1.54. The maximum Gasteiger partial charge on any atom is 0.407 e. The number of ether oxygens (including phenoxy) is 1. The molecule has 1 atom stereocenters. The molecule has 152 valence electrons. The van der Waals surface area contributed by atoms with Gasteiger partial charge in [-0.25, -0.2) is 4.79 Å². The van der Waals surface area contributed by atoms with Gasteiger partial charge in [0.1, 0.15) is 5.60 Å². The van der Waals surface area contributed by atoms with E-state index in [1.807, 2.05) is 32.9 Å². The Kier molecular flexibility index (Phi) is 6.25. The van der Waals surface area contributed by atoms with E-state index in [1.165, 1.54) is 0 Å². The minimum atomic E-state index is -0.488. The number of hydrogen-bond acceptors (Lipinski definition) is 6. The Bertz CT molecular complexity index is 810. The Morgan fingerprint density at radius 1 is 1.32 bits per heavy atom. The summed E-state index contributed by atoms with van der Waals surface area (Å²) in [5, 5.41) is 12.0. The van der Waals surface area contributed by atoms with E-state index in [0.29, 0.717) is 16.8 Å². The van der Waals surface area contributed by atoms with Crippen molar-refractivity contribution in [2.75, 3.05) is 13.1 Å². The Hall–Kier alpha value is -2.12. The maximum atomic E-state index is 11.9. The smallest absolute Gasteiger partial charge is 0.407 e. The van der Waals surface area contributed by atoms with Crippen LogP contribution in [0.3, 0.4) is 0 Å². The van der Waals surface area contributed by atoms with E-state index in [9.17, 15) is 4.79 Å². The van der Waals surface area contributed by atoms with E-state index in [4.69, 9.17) is 20.8 Å². The molecule has 28 heavy (non-hydrogen) atoms.